The smallest absolute Gasteiger partial charge is 0.338 e. The molecule has 0 spiro atoms. The normalized spacial score (nSPS) is 30.5. The van der Waals surface area contributed by atoms with E-state index in [4.69, 9.17) is 28.4 Å². The van der Waals surface area contributed by atoms with E-state index in [0.29, 0.717) is 13.1 Å². The molecule has 4 heterocycles. The van der Waals surface area contributed by atoms with Gasteiger partial charge in [0.2, 0.25) is 5.91 Å². The Balaban J connectivity index is 1.04. The number of esters is 1. The number of H-pyrrole nitrogens is 2. The number of carboxylic acid groups (broad SMARTS) is 1. The molecule has 2 saturated carbocycles. The molecule has 5 aliphatic rings. The van der Waals surface area contributed by atoms with Crippen LogP contribution in [-0.4, -0.2) is 227 Å². The first-order valence-electron chi connectivity index (χ1n) is 30.7. The Kier molecular flexibility index (Phi) is 26.2. The van der Waals surface area contributed by atoms with Crippen molar-refractivity contribution in [3.05, 3.63) is 104 Å². The summed E-state index contributed by atoms with van der Waals surface area (Å²) in [5.41, 5.74) is -0.146. The van der Waals surface area contributed by atoms with Gasteiger partial charge in [-0.15, -0.1) is 0 Å². The number of aromatic amines is 2. The lowest BCUT2D eigenvalue weighted by Gasteiger charge is -2.48. The van der Waals surface area contributed by atoms with Gasteiger partial charge in [-0.3, -0.25) is 24.3 Å². The third-order valence-corrected chi connectivity index (χ3v) is 16.8. The van der Waals surface area contributed by atoms with E-state index in [1.165, 1.54) is 24.6 Å². The Morgan fingerprint density at radius 2 is 1.44 bits per heavy atom. The summed E-state index contributed by atoms with van der Waals surface area (Å²) in [6, 6.07) is 15.6. The Morgan fingerprint density at radius 1 is 0.724 bits per heavy atom. The molecule has 27 heteroatoms. The van der Waals surface area contributed by atoms with Crippen LogP contribution < -0.4 is 43.1 Å². The minimum atomic E-state index is -1.92. The van der Waals surface area contributed by atoms with Crippen LogP contribution >= 0.6 is 0 Å². The summed E-state index contributed by atoms with van der Waals surface area (Å²) < 4.78 is 37.7. The van der Waals surface area contributed by atoms with Crippen LogP contribution in [0, 0.1) is 11.8 Å². The van der Waals surface area contributed by atoms with Gasteiger partial charge in [-0.1, -0.05) is 74.6 Å². The molecule has 5 fully saturated rings. The van der Waals surface area contributed by atoms with E-state index < -0.39 is 139 Å². The lowest BCUT2D eigenvalue weighted by Crippen LogP contribution is -2.65. The Labute approximate surface area is 504 Å². The molecule has 3 saturated heterocycles. The molecule has 0 bridgehead atoms. The predicted molar refractivity (Wildman–Crippen MR) is 313 cm³/mol. The highest BCUT2D eigenvalue weighted by Gasteiger charge is 2.54. The molecule has 14 N–H and O–H groups in total. The highest BCUT2D eigenvalue weighted by molar-refractivity contribution is 5.92. The molecule has 3 aliphatic heterocycles. The molecule has 15 atom stereocenters. The number of aliphatic hydroxyl groups is 5. The summed E-state index contributed by atoms with van der Waals surface area (Å²) in [5, 5.41) is 85.7. The van der Waals surface area contributed by atoms with Crippen LogP contribution in [0.5, 0.6) is 0 Å². The molecule has 2 aliphatic carbocycles. The third-order valence-electron chi connectivity index (χ3n) is 16.8. The van der Waals surface area contributed by atoms with Gasteiger partial charge in [-0.2, -0.15) is 0 Å². The van der Waals surface area contributed by atoms with E-state index in [0.717, 1.165) is 115 Å². The number of aliphatic hydroxyl groups excluding tert-OH is 5. The SMILES string of the molecule is C[C@@H]1O[C@@H](OC2C(NC(=O)c3cc(=O)[nH]c(=O)[nH]3)CC(C(=O)NCCNCc3ccc(CN4CCCNCCNCCCNCC4)cc3)CC2O[C@@H]2O[C@H](CO)[C@H](O)[C@H](O[C@@H](CC3CCCCC3)C(=O)O)[C@H]2OC(=O)c2ccccc2)[C@@H](O)[C@H](O)[C@@H]1O. The Morgan fingerprint density at radius 3 is 2.15 bits per heavy atom. The molecule has 4 unspecified atom stereocenters. The number of carboxylic acids is 1. The fourth-order valence-electron chi connectivity index (χ4n) is 12.0. The second kappa shape index (κ2) is 33.8. The van der Waals surface area contributed by atoms with Crippen LogP contribution in [0.1, 0.15) is 103 Å². The molecule has 27 nitrogen and oxygen atoms in total. The lowest BCUT2D eigenvalue weighted by molar-refractivity contribution is -0.347. The van der Waals surface area contributed by atoms with Gasteiger partial charge >= 0.3 is 17.6 Å². The van der Waals surface area contributed by atoms with E-state index in [2.05, 4.69) is 66.1 Å². The van der Waals surface area contributed by atoms with Crippen molar-refractivity contribution in [3.63, 3.8) is 0 Å². The number of carbonyl (C=O) groups is 4. The predicted octanol–water partition coefficient (Wildman–Crippen LogP) is -1.45. The molecule has 1 aromatic heterocycles. The van der Waals surface area contributed by atoms with E-state index in [1.54, 1.807) is 18.2 Å². The number of carbonyl (C=O) groups excluding carboxylic acids is 3. The summed E-state index contributed by atoms with van der Waals surface area (Å²) >= 11 is 0. The zero-order valence-electron chi connectivity index (χ0n) is 49.3. The maximum Gasteiger partial charge on any atom is 0.338 e. The van der Waals surface area contributed by atoms with Gasteiger partial charge in [0, 0.05) is 64.3 Å². The monoisotopic (exact) mass is 1220 g/mol. The molecular formula is C60H89N9O18. The average Bonchev–Trinajstić information content (AvgIpc) is 1.14. The van der Waals surface area contributed by atoms with Crippen LogP contribution in [0.2, 0.25) is 0 Å². The van der Waals surface area contributed by atoms with Crippen molar-refractivity contribution in [1.82, 2.24) is 46.8 Å². The highest BCUT2D eigenvalue weighted by atomic mass is 16.7. The number of aliphatic carboxylic acids is 1. The van der Waals surface area contributed by atoms with Crippen LogP contribution in [0.15, 0.2) is 70.3 Å². The van der Waals surface area contributed by atoms with Crippen LogP contribution in [0.25, 0.3) is 0 Å². The number of hydrogen-bond donors (Lipinski definition) is 14. The number of amides is 2. The topological polar surface area (TPSA) is 386 Å². The van der Waals surface area contributed by atoms with Crippen molar-refractivity contribution in [2.45, 2.75) is 170 Å². The number of ether oxygens (including phenoxy) is 6. The van der Waals surface area contributed by atoms with Crippen molar-refractivity contribution in [2.75, 3.05) is 72.1 Å². The summed E-state index contributed by atoms with van der Waals surface area (Å²) in [5.74, 6) is -4.99. The maximum absolute atomic E-state index is 14.6. The molecule has 2 aromatic carbocycles. The van der Waals surface area contributed by atoms with Crippen molar-refractivity contribution in [2.24, 2.45) is 11.8 Å². The van der Waals surface area contributed by atoms with Gasteiger partial charge < -0.3 is 95.9 Å². The van der Waals surface area contributed by atoms with Gasteiger partial charge in [-0.05, 0) is 94.4 Å². The fraction of sp³-hybridized carbons (Fsp3) is 0.667. The van der Waals surface area contributed by atoms with E-state index in [-0.39, 0.29) is 37.3 Å². The number of hydrogen-bond acceptors (Lipinski definition) is 22. The van der Waals surface area contributed by atoms with Gasteiger partial charge in [0.1, 0.15) is 48.4 Å². The van der Waals surface area contributed by atoms with Crippen LogP contribution in [0.4, 0.5) is 0 Å². The molecule has 2 amide bonds. The van der Waals surface area contributed by atoms with Crippen molar-refractivity contribution >= 4 is 23.8 Å². The number of aromatic nitrogens is 2. The second-order valence-corrected chi connectivity index (χ2v) is 23.3. The summed E-state index contributed by atoms with van der Waals surface area (Å²) in [6.07, 6.45) is -15.7. The quantitative estimate of drug-likeness (QED) is 0.0404. The van der Waals surface area contributed by atoms with E-state index in [9.17, 15) is 59.4 Å². The average molecular weight is 1220 g/mol. The standard InChI is InChI=1S/C60H89N9O18/c1-35-47(72)49(74)50(75)58(82-35)87-51-41(66-55(77)42-31-46(71)68-60(81)67-42)29-40(54(76)65-24-23-64-32-37-14-16-38(17-15-37)33-69-26-9-20-62-22-21-61-18-8-19-63-25-27-69)30-43(51)84-59-53(86-57(80)39-12-6-3-7-13-39)52(48(73)45(34-70)85-59)83-44(56(78)79)28-36-10-4-2-5-11-36/h3,6-7,12-17,31,35-36,40-41,43-45,47-53,58-59,61-64,70,72-75H,2,4-5,8-11,18-30,32-34H2,1H3,(H,65,76)(H,66,77)(H,78,79)(H2,67,68,71,81)/t35-,40?,41?,43?,44-,45+,47+,48-,49+,50-,51?,52-,53+,58-,59+/m0/s1. The zero-order valence-corrected chi connectivity index (χ0v) is 49.3. The van der Waals surface area contributed by atoms with Crippen molar-refractivity contribution < 1.29 is 78.2 Å². The van der Waals surface area contributed by atoms with Gasteiger partial charge in [0.15, 0.2) is 24.8 Å². The minimum Gasteiger partial charge on any atom is -0.479 e. The van der Waals surface area contributed by atoms with E-state index >= 15 is 0 Å². The Bertz CT molecular complexity index is 2700. The fourth-order valence-corrected chi connectivity index (χ4v) is 12.0. The number of rotatable bonds is 22. The van der Waals surface area contributed by atoms with Crippen molar-refractivity contribution in [3.8, 4) is 0 Å². The molecular weight excluding hydrogens is 1130 g/mol. The third kappa shape index (κ3) is 19.7. The summed E-state index contributed by atoms with van der Waals surface area (Å²) in [6.45, 7) is 9.88. The lowest BCUT2D eigenvalue weighted by atomic mass is 9.80. The number of nitrogens with zero attached hydrogens (tertiary/aromatic N) is 1. The first-order valence-corrected chi connectivity index (χ1v) is 30.7. The second-order valence-electron chi connectivity index (χ2n) is 23.3. The molecule has 3 aromatic rings. The summed E-state index contributed by atoms with van der Waals surface area (Å²) in [7, 11) is 0. The van der Waals surface area contributed by atoms with Crippen LogP contribution in [-0.2, 0) is 51.1 Å². The van der Waals surface area contributed by atoms with Crippen molar-refractivity contribution in [1.29, 1.82) is 0 Å². The zero-order chi connectivity index (χ0) is 61.8. The minimum absolute atomic E-state index is 0.0398. The number of nitrogens with one attached hydrogen (secondary N) is 8. The largest absolute Gasteiger partial charge is 0.479 e. The molecule has 482 valence electrons. The Hall–Kier alpha value is -5.60. The van der Waals surface area contributed by atoms with Crippen LogP contribution in [0.3, 0.4) is 0 Å². The van der Waals surface area contributed by atoms with Gasteiger partial charge in [-0.25, -0.2) is 14.4 Å². The first-order chi connectivity index (χ1) is 42.0. The first kappa shape index (κ1) is 67.3. The molecule has 8 rings (SSSR count). The van der Waals surface area contributed by atoms with Gasteiger partial charge in [0.05, 0.1) is 30.4 Å². The van der Waals surface area contributed by atoms with Gasteiger partial charge in [0.25, 0.3) is 11.5 Å². The summed E-state index contributed by atoms with van der Waals surface area (Å²) in [4.78, 5) is 87.5. The highest BCUT2D eigenvalue weighted by Crippen LogP contribution is 2.38. The molecule has 0 radical (unpaired) electrons. The number of benzene rings is 2. The molecule has 87 heavy (non-hydrogen) atoms. The maximum atomic E-state index is 14.6. The van der Waals surface area contributed by atoms with E-state index in [1.807, 2.05) is 4.98 Å².